The zero-order valence-electron chi connectivity index (χ0n) is 18.5. The lowest BCUT2D eigenvalue weighted by molar-refractivity contribution is -0.112. The van der Waals surface area contributed by atoms with Crippen molar-refractivity contribution in [1.29, 1.82) is 5.26 Å². The van der Waals surface area contributed by atoms with E-state index in [1.807, 2.05) is 19.1 Å². The summed E-state index contributed by atoms with van der Waals surface area (Å²) >= 11 is 0. The SMILES string of the molecule is CCOc1ccc(NC(=O)C(C#N)=Cc2c(N3CCCCC3)nc3ccccn3c2=O)cc1. The number of carbonyl (C=O) groups is 1. The number of carbonyl (C=O) groups excluding carboxylic acids is 1. The second-order valence-electron chi connectivity index (χ2n) is 7.71. The number of aromatic nitrogens is 2. The highest BCUT2D eigenvalue weighted by atomic mass is 16.5. The second-order valence-corrected chi connectivity index (χ2v) is 7.71. The summed E-state index contributed by atoms with van der Waals surface area (Å²) < 4.78 is 6.84. The van der Waals surface area contributed by atoms with Crippen molar-refractivity contribution in [3.8, 4) is 11.8 Å². The molecule has 4 rings (SSSR count). The van der Waals surface area contributed by atoms with E-state index >= 15 is 0 Å². The van der Waals surface area contributed by atoms with Crippen LogP contribution in [0.3, 0.4) is 0 Å². The number of anilines is 2. The quantitative estimate of drug-likeness (QED) is 0.461. The maximum Gasteiger partial charge on any atom is 0.267 e. The number of nitrogens with zero attached hydrogens (tertiary/aromatic N) is 4. The number of pyridine rings is 1. The molecule has 3 heterocycles. The molecule has 1 saturated heterocycles. The highest BCUT2D eigenvalue weighted by Crippen LogP contribution is 2.23. The van der Waals surface area contributed by atoms with E-state index in [1.54, 1.807) is 42.6 Å². The average molecular weight is 444 g/mol. The molecule has 0 unspecified atom stereocenters. The fraction of sp³-hybridized carbons (Fsp3) is 0.280. The molecule has 1 N–H and O–H groups in total. The van der Waals surface area contributed by atoms with Gasteiger partial charge in [0.2, 0.25) is 0 Å². The van der Waals surface area contributed by atoms with Crippen molar-refractivity contribution in [3.05, 3.63) is 70.2 Å². The third-order valence-corrected chi connectivity index (χ3v) is 5.48. The summed E-state index contributed by atoms with van der Waals surface area (Å²) in [5.41, 5.74) is 0.797. The molecule has 1 amide bonds. The van der Waals surface area contributed by atoms with E-state index in [1.165, 1.54) is 10.5 Å². The molecule has 0 atom stereocenters. The van der Waals surface area contributed by atoms with Gasteiger partial charge in [-0.3, -0.25) is 14.0 Å². The van der Waals surface area contributed by atoms with Gasteiger partial charge in [-0.25, -0.2) is 4.98 Å². The number of amides is 1. The van der Waals surface area contributed by atoms with Crippen molar-refractivity contribution in [3.63, 3.8) is 0 Å². The zero-order valence-corrected chi connectivity index (χ0v) is 18.5. The van der Waals surface area contributed by atoms with E-state index in [0.29, 0.717) is 29.5 Å². The summed E-state index contributed by atoms with van der Waals surface area (Å²) in [5.74, 6) is 0.601. The molecule has 0 spiro atoms. The number of rotatable bonds is 6. The third-order valence-electron chi connectivity index (χ3n) is 5.48. The number of piperidine rings is 1. The van der Waals surface area contributed by atoms with Gasteiger partial charge >= 0.3 is 0 Å². The molecule has 8 nitrogen and oxygen atoms in total. The summed E-state index contributed by atoms with van der Waals surface area (Å²) in [7, 11) is 0. The third kappa shape index (κ3) is 4.88. The number of benzene rings is 1. The van der Waals surface area contributed by atoms with Crippen LogP contribution in [0.5, 0.6) is 5.75 Å². The first-order valence-electron chi connectivity index (χ1n) is 11.0. The Morgan fingerprint density at radius 1 is 1.18 bits per heavy atom. The lowest BCUT2D eigenvalue weighted by atomic mass is 10.1. The van der Waals surface area contributed by atoms with Gasteiger partial charge in [0.25, 0.3) is 11.5 Å². The van der Waals surface area contributed by atoms with Crippen molar-refractivity contribution in [1.82, 2.24) is 9.38 Å². The second kappa shape index (κ2) is 10.0. The van der Waals surface area contributed by atoms with Crippen LogP contribution in [0, 0.1) is 11.3 Å². The van der Waals surface area contributed by atoms with E-state index in [-0.39, 0.29) is 16.7 Å². The molecule has 0 aliphatic carbocycles. The van der Waals surface area contributed by atoms with Crippen LogP contribution in [0.15, 0.2) is 59.0 Å². The molecule has 0 bridgehead atoms. The number of ether oxygens (including phenoxy) is 1. The zero-order chi connectivity index (χ0) is 23.2. The van der Waals surface area contributed by atoms with Gasteiger partial charge in [-0.05, 0) is 68.7 Å². The molecule has 8 heteroatoms. The number of hydrogen-bond acceptors (Lipinski definition) is 6. The van der Waals surface area contributed by atoms with Gasteiger partial charge in [0, 0.05) is 25.0 Å². The van der Waals surface area contributed by atoms with Gasteiger partial charge < -0.3 is 15.0 Å². The van der Waals surface area contributed by atoms with Crippen molar-refractivity contribution in [2.75, 3.05) is 29.9 Å². The largest absolute Gasteiger partial charge is 0.494 e. The fourth-order valence-corrected chi connectivity index (χ4v) is 3.86. The highest BCUT2D eigenvalue weighted by Gasteiger charge is 2.21. The van der Waals surface area contributed by atoms with Gasteiger partial charge in [0.05, 0.1) is 12.2 Å². The van der Waals surface area contributed by atoms with E-state index in [9.17, 15) is 14.9 Å². The van der Waals surface area contributed by atoms with E-state index in [2.05, 4.69) is 10.2 Å². The lowest BCUT2D eigenvalue weighted by Crippen LogP contribution is -2.33. The van der Waals surface area contributed by atoms with Gasteiger partial charge in [0.1, 0.15) is 28.9 Å². The maximum atomic E-state index is 13.3. The predicted octanol–water partition coefficient (Wildman–Crippen LogP) is 3.63. The van der Waals surface area contributed by atoms with Crippen LogP contribution in [0.4, 0.5) is 11.5 Å². The highest BCUT2D eigenvalue weighted by molar-refractivity contribution is 6.10. The molecular weight excluding hydrogens is 418 g/mol. The van der Waals surface area contributed by atoms with Crippen molar-refractivity contribution in [2.24, 2.45) is 0 Å². The van der Waals surface area contributed by atoms with E-state index in [4.69, 9.17) is 9.72 Å². The van der Waals surface area contributed by atoms with Crippen molar-refractivity contribution in [2.45, 2.75) is 26.2 Å². The Kier molecular flexibility index (Phi) is 6.69. The summed E-state index contributed by atoms with van der Waals surface area (Å²) in [4.78, 5) is 32.9. The van der Waals surface area contributed by atoms with Crippen LogP contribution in [0.1, 0.15) is 31.7 Å². The Balaban J connectivity index is 1.71. The number of nitrogens with one attached hydrogen (secondary N) is 1. The molecule has 0 radical (unpaired) electrons. The van der Waals surface area contributed by atoms with E-state index in [0.717, 1.165) is 32.4 Å². The number of hydrogen-bond donors (Lipinski definition) is 1. The van der Waals surface area contributed by atoms with Gasteiger partial charge in [-0.2, -0.15) is 5.26 Å². The summed E-state index contributed by atoms with van der Waals surface area (Å²) in [6, 6.07) is 14.1. The minimum Gasteiger partial charge on any atom is -0.494 e. The first kappa shape index (κ1) is 22.1. The molecule has 1 aromatic carbocycles. The molecule has 33 heavy (non-hydrogen) atoms. The Hall–Kier alpha value is -4.12. The first-order valence-corrected chi connectivity index (χ1v) is 11.0. The van der Waals surface area contributed by atoms with Gasteiger partial charge in [0.15, 0.2) is 0 Å². The Labute approximate surface area is 191 Å². The van der Waals surface area contributed by atoms with Gasteiger partial charge in [-0.15, -0.1) is 0 Å². The summed E-state index contributed by atoms with van der Waals surface area (Å²) in [6.07, 6.45) is 6.11. The minimum absolute atomic E-state index is 0.170. The monoisotopic (exact) mass is 443 g/mol. The summed E-state index contributed by atoms with van der Waals surface area (Å²) in [6.45, 7) is 3.98. The Morgan fingerprint density at radius 3 is 2.64 bits per heavy atom. The van der Waals surface area contributed by atoms with Crippen LogP contribution in [0.2, 0.25) is 0 Å². The fourth-order valence-electron chi connectivity index (χ4n) is 3.86. The molecule has 2 aromatic heterocycles. The van der Waals surface area contributed by atoms with Gasteiger partial charge in [-0.1, -0.05) is 6.07 Å². The molecule has 1 aliphatic heterocycles. The smallest absolute Gasteiger partial charge is 0.267 e. The Morgan fingerprint density at radius 2 is 1.94 bits per heavy atom. The number of fused-ring (bicyclic) bond motifs is 1. The van der Waals surface area contributed by atoms with Crippen LogP contribution in [-0.2, 0) is 4.79 Å². The van der Waals surface area contributed by atoms with E-state index < -0.39 is 5.91 Å². The minimum atomic E-state index is -0.594. The normalized spacial score (nSPS) is 14.1. The Bertz CT molecular complexity index is 1280. The lowest BCUT2D eigenvalue weighted by Gasteiger charge is -2.29. The molecule has 1 aliphatic rings. The molecule has 3 aromatic rings. The predicted molar refractivity (Wildman–Crippen MR) is 127 cm³/mol. The van der Waals surface area contributed by atoms with Crippen LogP contribution in [0.25, 0.3) is 11.7 Å². The molecule has 1 fully saturated rings. The maximum absolute atomic E-state index is 13.3. The van der Waals surface area contributed by atoms with Crippen LogP contribution < -0.4 is 20.5 Å². The first-order chi connectivity index (χ1) is 16.1. The molecule has 168 valence electrons. The summed E-state index contributed by atoms with van der Waals surface area (Å²) in [5, 5.41) is 12.4. The average Bonchev–Trinajstić information content (AvgIpc) is 2.85. The standard InChI is InChI=1S/C25H25N5O3/c1-2-33-20-11-9-19(10-12-20)27-24(31)18(17-26)16-21-23(29-13-5-3-6-14-29)28-22-8-4-7-15-30(22)25(21)32/h4,7-12,15-16H,2-3,5-6,13-14H2,1H3,(H,27,31). The topological polar surface area (TPSA) is 99.7 Å². The van der Waals surface area contributed by atoms with Crippen LogP contribution in [-0.4, -0.2) is 35.0 Å². The number of nitriles is 1. The van der Waals surface area contributed by atoms with Crippen LogP contribution >= 0.6 is 0 Å². The molecule has 0 saturated carbocycles. The molecular formula is C25H25N5O3. The van der Waals surface area contributed by atoms with Crippen molar-refractivity contribution < 1.29 is 9.53 Å². The van der Waals surface area contributed by atoms with Crippen molar-refractivity contribution >= 4 is 29.1 Å².